The van der Waals surface area contributed by atoms with E-state index in [1.807, 2.05) is 21.0 Å². The zero-order valence-electron chi connectivity index (χ0n) is 21.8. The molecular weight excluding hydrogens is 390 g/mol. The molecule has 188 valence electrons. The van der Waals surface area contributed by atoms with Gasteiger partial charge in [0.15, 0.2) is 6.29 Å². The lowest BCUT2D eigenvalue weighted by Crippen LogP contribution is -2.35. The molecule has 3 atom stereocenters. The summed E-state index contributed by atoms with van der Waals surface area (Å²) in [6.45, 7) is 9.24. The van der Waals surface area contributed by atoms with Crippen molar-refractivity contribution in [3.63, 3.8) is 0 Å². The van der Waals surface area contributed by atoms with Gasteiger partial charge in [-0.2, -0.15) is 0 Å². The number of ether oxygens (including phenoxy) is 4. The molecule has 31 heavy (non-hydrogen) atoms. The third-order valence-corrected chi connectivity index (χ3v) is 5.86. The highest BCUT2D eigenvalue weighted by molar-refractivity contribution is 4.63. The third kappa shape index (κ3) is 20.2. The fraction of sp³-hybridized carbons (Fsp3) is 1.00. The van der Waals surface area contributed by atoms with E-state index in [0.29, 0.717) is 13.2 Å². The topological polar surface area (TPSA) is 40.2 Å². The molecule has 0 spiro atoms. The molecule has 0 radical (unpaired) electrons. The Kier molecular flexibility index (Phi) is 22.8. The van der Waals surface area contributed by atoms with Crippen LogP contribution in [0, 0.1) is 0 Å². The van der Waals surface area contributed by atoms with Gasteiger partial charge in [-0.1, -0.05) is 84.5 Å². The molecule has 5 heteroatoms. The van der Waals surface area contributed by atoms with E-state index in [2.05, 4.69) is 18.7 Å². The Morgan fingerprint density at radius 2 is 1.32 bits per heavy atom. The smallest absolute Gasteiger partial charge is 0.183 e. The van der Waals surface area contributed by atoms with Crippen molar-refractivity contribution in [1.82, 2.24) is 4.90 Å². The minimum atomic E-state index is -0.333. The van der Waals surface area contributed by atoms with Gasteiger partial charge in [-0.05, 0) is 33.9 Å². The number of likely N-dealkylation sites (N-methyl/N-ethyl adjacent to an activating group) is 1. The summed E-state index contributed by atoms with van der Waals surface area (Å²) >= 11 is 0. The van der Waals surface area contributed by atoms with Crippen LogP contribution in [-0.4, -0.2) is 71.0 Å². The van der Waals surface area contributed by atoms with Gasteiger partial charge < -0.3 is 23.8 Å². The van der Waals surface area contributed by atoms with Crippen LogP contribution in [0.5, 0.6) is 0 Å². The van der Waals surface area contributed by atoms with Crippen molar-refractivity contribution in [2.75, 3.05) is 47.6 Å². The molecule has 0 aliphatic heterocycles. The summed E-state index contributed by atoms with van der Waals surface area (Å²) < 4.78 is 23.3. The number of unbranched alkanes of at least 4 members (excludes halogenated alkanes) is 10. The summed E-state index contributed by atoms with van der Waals surface area (Å²) in [6, 6.07) is 0. The van der Waals surface area contributed by atoms with Crippen LogP contribution in [0.25, 0.3) is 0 Å². The maximum Gasteiger partial charge on any atom is 0.183 e. The standard InChI is InChI=1S/C26H55NO4/c1-7-9-10-11-12-13-14-15-16-17-18-19-25(8-2)31-26(24(3)28-6)30-23-22-29-21-20-27(4)5/h24-26H,7-23H2,1-6H3. The lowest BCUT2D eigenvalue weighted by Gasteiger charge is -2.28. The summed E-state index contributed by atoms with van der Waals surface area (Å²) in [5.74, 6) is 0. The van der Waals surface area contributed by atoms with Crippen molar-refractivity contribution >= 4 is 0 Å². The molecule has 0 aromatic heterocycles. The van der Waals surface area contributed by atoms with Crippen molar-refractivity contribution < 1.29 is 18.9 Å². The number of hydrogen-bond acceptors (Lipinski definition) is 5. The van der Waals surface area contributed by atoms with Crippen molar-refractivity contribution in [3.05, 3.63) is 0 Å². The highest BCUT2D eigenvalue weighted by atomic mass is 16.7. The van der Waals surface area contributed by atoms with Crippen LogP contribution >= 0.6 is 0 Å². The first-order valence-electron chi connectivity index (χ1n) is 13.1. The molecule has 0 amide bonds. The van der Waals surface area contributed by atoms with Gasteiger partial charge in [0.2, 0.25) is 0 Å². The van der Waals surface area contributed by atoms with E-state index in [9.17, 15) is 0 Å². The number of methoxy groups -OCH3 is 1. The monoisotopic (exact) mass is 445 g/mol. The van der Waals surface area contributed by atoms with Gasteiger partial charge in [0.25, 0.3) is 0 Å². The molecule has 0 N–H and O–H groups in total. The number of hydrogen-bond donors (Lipinski definition) is 0. The Morgan fingerprint density at radius 1 is 0.742 bits per heavy atom. The molecule has 0 heterocycles. The molecule has 0 aliphatic carbocycles. The first-order chi connectivity index (χ1) is 15.0. The second-order valence-electron chi connectivity index (χ2n) is 9.09. The molecule has 0 rings (SSSR count). The zero-order valence-corrected chi connectivity index (χ0v) is 21.8. The first-order valence-corrected chi connectivity index (χ1v) is 13.1. The van der Waals surface area contributed by atoms with Crippen molar-refractivity contribution in [3.8, 4) is 0 Å². The second kappa shape index (κ2) is 23.0. The molecule has 0 aromatic rings. The van der Waals surface area contributed by atoms with Crippen molar-refractivity contribution in [2.24, 2.45) is 0 Å². The van der Waals surface area contributed by atoms with Crippen LogP contribution in [0.4, 0.5) is 0 Å². The molecule has 0 bridgehead atoms. The zero-order chi connectivity index (χ0) is 23.2. The maximum absolute atomic E-state index is 6.28. The summed E-state index contributed by atoms with van der Waals surface area (Å²) in [6.07, 6.45) is 17.0. The number of rotatable bonds is 24. The van der Waals surface area contributed by atoms with E-state index in [1.165, 1.54) is 70.6 Å². The fourth-order valence-corrected chi connectivity index (χ4v) is 3.56. The average molecular weight is 446 g/mol. The lowest BCUT2D eigenvalue weighted by molar-refractivity contribution is -0.223. The molecular formula is C26H55NO4. The Balaban J connectivity index is 3.90. The Bertz CT molecular complexity index is 354. The minimum absolute atomic E-state index is 0.0897. The summed E-state index contributed by atoms with van der Waals surface area (Å²) in [4.78, 5) is 2.11. The van der Waals surface area contributed by atoms with Crippen LogP contribution < -0.4 is 0 Å². The summed E-state index contributed by atoms with van der Waals surface area (Å²) in [5, 5.41) is 0. The minimum Gasteiger partial charge on any atom is -0.378 e. The summed E-state index contributed by atoms with van der Waals surface area (Å²) in [5.41, 5.74) is 0. The van der Waals surface area contributed by atoms with E-state index in [1.54, 1.807) is 7.11 Å². The molecule has 0 saturated heterocycles. The van der Waals surface area contributed by atoms with Crippen LogP contribution in [0.15, 0.2) is 0 Å². The molecule has 0 aliphatic rings. The first kappa shape index (κ1) is 30.8. The van der Waals surface area contributed by atoms with Gasteiger partial charge in [-0.25, -0.2) is 0 Å². The lowest BCUT2D eigenvalue weighted by atomic mass is 10.0. The summed E-state index contributed by atoms with van der Waals surface area (Å²) in [7, 11) is 5.80. The van der Waals surface area contributed by atoms with E-state index in [4.69, 9.17) is 18.9 Å². The quantitative estimate of drug-likeness (QED) is 0.126. The normalized spacial score (nSPS) is 14.8. The van der Waals surface area contributed by atoms with Gasteiger partial charge in [0, 0.05) is 13.7 Å². The Labute approximate surface area is 194 Å². The number of nitrogens with zero attached hydrogens (tertiary/aromatic N) is 1. The van der Waals surface area contributed by atoms with Crippen LogP contribution in [-0.2, 0) is 18.9 Å². The third-order valence-electron chi connectivity index (χ3n) is 5.86. The Morgan fingerprint density at radius 3 is 1.84 bits per heavy atom. The highest BCUT2D eigenvalue weighted by Gasteiger charge is 2.22. The van der Waals surface area contributed by atoms with Crippen LogP contribution in [0.3, 0.4) is 0 Å². The molecule has 0 fully saturated rings. The molecule has 5 nitrogen and oxygen atoms in total. The van der Waals surface area contributed by atoms with Crippen LogP contribution in [0.2, 0.25) is 0 Å². The van der Waals surface area contributed by atoms with E-state index in [-0.39, 0.29) is 18.5 Å². The molecule has 0 saturated carbocycles. The average Bonchev–Trinajstić information content (AvgIpc) is 2.76. The van der Waals surface area contributed by atoms with Gasteiger partial charge in [-0.15, -0.1) is 0 Å². The molecule has 3 unspecified atom stereocenters. The van der Waals surface area contributed by atoms with Gasteiger partial charge in [0.1, 0.15) is 6.10 Å². The SMILES string of the molecule is CCCCCCCCCCCCCC(CC)OC(OCCOCCN(C)C)C(C)OC. The predicted molar refractivity (Wildman–Crippen MR) is 132 cm³/mol. The fourth-order valence-electron chi connectivity index (χ4n) is 3.56. The van der Waals surface area contributed by atoms with Crippen molar-refractivity contribution in [2.45, 2.75) is 123 Å². The van der Waals surface area contributed by atoms with E-state index < -0.39 is 0 Å². The maximum atomic E-state index is 6.28. The largest absolute Gasteiger partial charge is 0.378 e. The van der Waals surface area contributed by atoms with Gasteiger partial charge in [-0.3, -0.25) is 0 Å². The van der Waals surface area contributed by atoms with Gasteiger partial charge >= 0.3 is 0 Å². The predicted octanol–water partition coefficient (Wildman–Crippen LogP) is 6.44. The van der Waals surface area contributed by atoms with E-state index >= 15 is 0 Å². The van der Waals surface area contributed by atoms with Crippen LogP contribution in [0.1, 0.15) is 104 Å². The van der Waals surface area contributed by atoms with Gasteiger partial charge in [0.05, 0.1) is 25.9 Å². The van der Waals surface area contributed by atoms with E-state index in [0.717, 1.165) is 26.0 Å². The second-order valence-corrected chi connectivity index (χ2v) is 9.09. The highest BCUT2D eigenvalue weighted by Crippen LogP contribution is 2.17. The Hall–Kier alpha value is -0.200. The van der Waals surface area contributed by atoms with Crippen molar-refractivity contribution in [1.29, 1.82) is 0 Å². The molecule has 0 aromatic carbocycles.